The molecule has 1 N–H and O–H groups in total. The van der Waals surface area contributed by atoms with Gasteiger partial charge in [0.1, 0.15) is 11.6 Å². The number of H-pyrrole nitrogens is 1. The monoisotopic (exact) mass is 283 g/mol. The molecule has 0 spiro atoms. The van der Waals surface area contributed by atoms with E-state index in [-0.39, 0.29) is 0 Å². The number of halogens is 1. The van der Waals surface area contributed by atoms with Gasteiger partial charge in [0.05, 0.1) is 35.3 Å². The number of ether oxygens (including phenoxy) is 1. The van der Waals surface area contributed by atoms with Crippen LogP contribution in [0, 0.1) is 11.3 Å². The Bertz CT molecular complexity index is 833. The lowest BCUT2D eigenvalue weighted by Crippen LogP contribution is -1.89. The zero-order valence-electron chi connectivity index (χ0n) is 10.6. The van der Waals surface area contributed by atoms with Crippen LogP contribution in [0.3, 0.4) is 0 Å². The van der Waals surface area contributed by atoms with E-state index in [0.29, 0.717) is 22.2 Å². The fourth-order valence-corrected chi connectivity index (χ4v) is 2.24. The van der Waals surface area contributed by atoms with E-state index in [1.165, 1.54) is 0 Å². The number of fused-ring (bicyclic) bond motifs is 1. The summed E-state index contributed by atoms with van der Waals surface area (Å²) in [5.41, 5.74) is 2.97. The molecule has 4 nitrogen and oxygen atoms in total. The average molecular weight is 284 g/mol. The normalized spacial score (nSPS) is 10.4. The predicted octanol–water partition coefficient (Wildman–Crippen LogP) is 3.76. The summed E-state index contributed by atoms with van der Waals surface area (Å²) in [5, 5.41) is 9.53. The molecule has 0 aliphatic rings. The summed E-state index contributed by atoms with van der Waals surface area (Å²) in [6.45, 7) is 0. The Kier molecular flexibility index (Phi) is 3.05. The first-order valence-corrected chi connectivity index (χ1v) is 6.33. The van der Waals surface area contributed by atoms with Gasteiger partial charge < -0.3 is 9.72 Å². The number of nitrogens with zero attached hydrogens (tertiary/aromatic N) is 2. The zero-order chi connectivity index (χ0) is 14.1. The molecule has 0 aliphatic carbocycles. The molecule has 0 radical (unpaired) electrons. The van der Waals surface area contributed by atoms with E-state index in [9.17, 15) is 0 Å². The van der Waals surface area contributed by atoms with Gasteiger partial charge in [-0.2, -0.15) is 5.26 Å². The lowest BCUT2D eigenvalue weighted by atomic mass is 10.2. The fourth-order valence-electron chi connectivity index (χ4n) is 2.07. The lowest BCUT2D eigenvalue weighted by Gasteiger charge is -2.05. The maximum atomic E-state index is 8.92. The van der Waals surface area contributed by atoms with Crippen LogP contribution in [0.5, 0.6) is 5.75 Å². The number of aromatic amines is 1. The van der Waals surface area contributed by atoms with Crippen molar-refractivity contribution in [1.82, 2.24) is 9.97 Å². The van der Waals surface area contributed by atoms with Crippen molar-refractivity contribution in [3.05, 3.63) is 47.0 Å². The van der Waals surface area contributed by atoms with Crippen molar-refractivity contribution in [3.63, 3.8) is 0 Å². The number of methoxy groups -OCH3 is 1. The second kappa shape index (κ2) is 4.87. The molecule has 0 aliphatic heterocycles. The van der Waals surface area contributed by atoms with E-state index < -0.39 is 0 Å². The summed E-state index contributed by atoms with van der Waals surface area (Å²) in [6, 6.07) is 12.8. The van der Waals surface area contributed by atoms with Crippen LogP contribution >= 0.6 is 11.6 Å². The highest BCUT2D eigenvalue weighted by Gasteiger charge is 2.11. The summed E-state index contributed by atoms with van der Waals surface area (Å²) < 4.78 is 5.32. The van der Waals surface area contributed by atoms with E-state index in [4.69, 9.17) is 21.6 Å². The van der Waals surface area contributed by atoms with Crippen LogP contribution in [0.25, 0.3) is 22.4 Å². The highest BCUT2D eigenvalue weighted by molar-refractivity contribution is 6.30. The number of rotatable bonds is 2. The quantitative estimate of drug-likeness (QED) is 0.779. The molecule has 0 amide bonds. The smallest absolute Gasteiger partial charge is 0.142 e. The van der Waals surface area contributed by atoms with Gasteiger partial charge in [-0.05, 0) is 36.4 Å². The Labute approximate surface area is 120 Å². The Hall–Kier alpha value is -2.51. The number of hydrogen-bond donors (Lipinski definition) is 1. The number of hydrogen-bond acceptors (Lipinski definition) is 3. The number of aromatic nitrogens is 2. The molecule has 1 heterocycles. The maximum absolute atomic E-state index is 8.92. The molecule has 5 heteroatoms. The molecule has 20 heavy (non-hydrogen) atoms. The molecule has 0 unspecified atom stereocenters. The Morgan fingerprint density at radius 1 is 1.25 bits per heavy atom. The molecule has 1 aromatic heterocycles. The van der Waals surface area contributed by atoms with Gasteiger partial charge in [-0.25, -0.2) is 4.98 Å². The summed E-state index contributed by atoms with van der Waals surface area (Å²) in [4.78, 5) is 7.69. The van der Waals surface area contributed by atoms with Gasteiger partial charge in [0.25, 0.3) is 0 Å². The van der Waals surface area contributed by atoms with E-state index in [1.807, 2.05) is 6.07 Å². The van der Waals surface area contributed by atoms with Gasteiger partial charge in [0, 0.05) is 5.02 Å². The summed E-state index contributed by atoms with van der Waals surface area (Å²) in [7, 11) is 1.60. The Morgan fingerprint density at radius 3 is 2.85 bits per heavy atom. The van der Waals surface area contributed by atoms with Gasteiger partial charge in [0.15, 0.2) is 0 Å². The fraction of sp³-hybridized carbons (Fsp3) is 0.0667. The summed E-state index contributed by atoms with van der Waals surface area (Å²) in [6.07, 6.45) is 0. The van der Waals surface area contributed by atoms with Gasteiger partial charge in [-0.3, -0.25) is 0 Å². The first-order chi connectivity index (χ1) is 9.71. The SMILES string of the molecule is COc1ccc(Cl)cc1-c1nc2ccc(C#N)cc2[nH]1. The van der Waals surface area contributed by atoms with Crippen molar-refractivity contribution in [2.75, 3.05) is 7.11 Å². The number of nitriles is 1. The second-order valence-corrected chi connectivity index (χ2v) is 4.71. The van der Waals surface area contributed by atoms with Crippen LogP contribution in [-0.4, -0.2) is 17.1 Å². The van der Waals surface area contributed by atoms with Crippen molar-refractivity contribution in [1.29, 1.82) is 5.26 Å². The molecular formula is C15H10ClN3O. The van der Waals surface area contributed by atoms with Crippen LogP contribution in [0.1, 0.15) is 5.56 Å². The van der Waals surface area contributed by atoms with Gasteiger partial charge in [-0.15, -0.1) is 0 Å². The lowest BCUT2D eigenvalue weighted by molar-refractivity contribution is 0.416. The van der Waals surface area contributed by atoms with Gasteiger partial charge >= 0.3 is 0 Å². The third-order valence-electron chi connectivity index (χ3n) is 3.03. The van der Waals surface area contributed by atoms with Crippen LogP contribution in [0.15, 0.2) is 36.4 Å². The van der Waals surface area contributed by atoms with Crippen molar-refractivity contribution >= 4 is 22.6 Å². The third kappa shape index (κ3) is 2.09. The van der Waals surface area contributed by atoms with E-state index in [1.54, 1.807) is 37.4 Å². The van der Waals surface area contributed by atoms with Crippen molar-refractivity contribution in [2.45, 2.75) is 0 Å². The minimum atomic E-state index is 0.589. The van der Waals surface area contributed by atoms with E-state index in [0.717, 1.165) is 16.6 Å². The topological polar surface area (TPSA) is 61.7 Å². The van der Waals surface area contributed by atoms with Gasteiger partial charge in [-0.1, -0.05) is 11.6 Å². The summed E-state index contributed by atoms with van der Waals surface area (Å²) in [5.74, 6) is 1.35. The first-order valence-electron chi connectivity index (χ1n) is 5.95. The van der Waals surface area contributed by atoms with Crippen LogP contribution < -0.4 is 4.74 Å². The number of nitrogens with one attached hydrogen (secondary N) is 1. The minimum Gasteiger partial charge on any atom is -0.496 e. The van der Waals surface area contributed by atoms with Crippen LogP contribution in [0.4, 0.5) is 0 Å². The largest absolute Gasteiger partial charge is 0.496 e. The van der Waals surface area contributed by atoms with Crippen LogP contribution in [-0.2, 0) is 0 Å². The average Bonchev–Trinajstić information content (AvgIpc) is 2.89. The highest BCUT2D eigenvalue weighted by atomic mass is 35.5. The molecule has 98 valence electrons. The molecule has 2 aromatic carbocycles. The molecule has 0 bridgehead atoms. The van der Waals surface area contributed by atoms with Crippen LogP contribution in [0.2, 0.25) is 5.02 Å². The molecule has 0 saturated heterocycles. The molecule has 0 atom stereocenters. The predicted molar refractivity (Wildman–Crippen MR) is 77.8 cm³/mol. The minimum absolute atomic E-state index is 0.589. The van der Waals surface area contributed by atoms with Crippen molar-refractivity contribution < 1.29 is 4.74 Å². The summed E-state index contributed by atoms with van der Waals surface area (Å²) >= 11 is 6.03. The Morgan fingerprint density at radius 2 is 2.10 bits per heavy atom. The molecular weight excluding hydrogens is 274 g/mol. The Balaban J connectivity index is 2.20. The standard InChI is InChI=1S/C15H10ClN3O/c1-20-14-5-3-10(16)7-11(14)15-18-12-4-2-9(8-17)6-13(12)19-15/h2-7H,1H3,(H,18,19). The van der Waals surface area contributed by atoms with Crippen molar-refractivity contribution in [3.8, 4) is 23.2 Å². The van der Waals surface area contributed by atoms with Crippen molar-refractivity contribution in [2.24, 2.45) is 0 Å². The third-order valence-corrected chi connectivity index (χ3v) is 3.26. The zero-order valence-corrected chi connectivity index (χ0v) is 11.4. The number of benzene rings is 2. The highest BCUT2D eigenvalue weighted by Crippen LogP contribution is 2.31. The molecule has 0 fully saturated rings. The molecule has 3 rings (SSSR count). The second-order valence-electron chi connectivity index (χ2n) is 4.27. The number of imidazole rings is 1. The maximum Gasteiger partial charge on any atom is 0.142 e. The van der Waals surface area contributed by atoms with Gasteiger partial charge in [0.2, 0.25) is 0 Å². The van der Waals surface area contributed by atoms with E-state index in [2.05, 4.69) is 16.0 Å². The first kappa shape index (κ1) is 12.5. The van der Waals surface area contributed by atoms with E-state index >= 15 is 0 Å². The molecule has 0 saturated carbocycles. The molecule has 3 aromatic rings.